The van der Waals surface area contributed by atoms with Gasteiger partial charge >= 0.3 is 5.97 Å². The number of non-ortho nitro benzene ring substituents is 1. The first kappa shape index (κ1) is 13.9. The zero-order valence-corrected chi connectivity index (χ0v) is 10.6. The van der Waals surface area contributed by atoms with Gasteiger partial charge < -0.3 is 15.1 Å². The summed E-state index contributed by atoms with van der Waals surface area (Å²) in [4.78, 5) is 34.0. The maximum Gasteiger partial charge on any atom is 0.337 e. The van der Waals surface area contributed by atoms with E-state index in [1.54, 1.807) is 0 Å². The van der Waals surface area contributed by atoms with Crippen LogP contribution in [0.1, 0.15) is 12.5 Å². The highest BCUT2D eigenvalue weighted by Crippen LogP contribution is 2.32. The van der Waals surface area contributed by atoms with Crippen molar-refractivity contribution in [1.29, 1.82) is 0 Å². The van der Waals surface area contributed by atoms with Crippen molar-refractivity contribution in [2.24, 2.45) is 0 Å². The summed E-state index contributed by atoms with van der Waals surface area (Å²) in [6.45, 7) is 0.679. The molecule has 0 fully saturated rings. The van der Waals surface area contributed by atoms with Gasteiger partial charge in [-0.15, -0.1) is 0 Å². The number of carboxylic acids is 1. The van der Waals surface area contributed by atoms with E-state index in [9.17, 15) is 24.8 Å². The fourth-order valence-corrected chi connectivity index (χ4v) is 2.03. The predicted molar refractivity (Wildman–Crippen MR) is 67.4 cm³/mol. The SMILES string of the molecule is CC(O)(CN1C(=O)Cc2cc([N+](=O)[O-])ccc21)C(=O)O. The molecule has 1 aliphatic rings. The van der Waals surface area contributed by atoms with Crippen LogP contribution in [0.5, 0.6) is 0 Å². The van der Waals surface area contributed by atoms with Crippen molar-refractivity contribution in [3.8, 4) is 0 Å². The molecule has 1 unspecified atom stereocenters. The first-order valence-corrected chi connectivity index (χ1v) is 5.76. The normalized spacial score (nSPS) is 16.7. The fourth-order valence-electron chi connectivity index (χ4n) is 2.03. The lowest BCUT2D eigenvalue weighted by Gasteiger charge is -2.25. The standard InChI is InChI=1S/C12H12N2O6/c1-12(18,11(16)17)6-13-9-3-2-8(14(19)20)4-7(9)5-10(13)15/h2-4,18H,5-6H2,1H3,(H,16,17). The summed E-state index contributed by atoms with van der Waals surface area (Å²) in [6.07, 6.45) is -0.0489. The number of fused-ring (bicyclic) bond motifs is 1. The van der Waals surface area contributed by atoms with Crippen molar-refractivity contribution < 1.29 is 24.7 Å². The van der Waals surface area contributed by atoms with Gasteiger partial charge in [0.2, 0.25) is 5.91 Å². The Kier molecular flexibility index (Phi) is 3.18. The minimum Gasteiger partial charge on any atom is -0.479 e. The lowest BCUT2D eigenvalue weighted by atomic mass is 10.1. The fraction of sp³-hybridized carbons (Fsp3) is 0.333. The van der Waals surface area contributed by atoms with Gasteiger partial charge in [0, 0.05) is 17.8 Å². The molecule has 0 aliphatic carbocycles. The quantitative estimate of drug-likeness (QED) is 0.605. The third-order valence-corrected chi connectivity index (χ3v) is 3.13. The van der Waals surface area contributed by atoms with Gasteiger partial charge in [0.25, 0.3) is 5.69 Å². The van der Waals surface area contributed by atoms with Crippen LogP contribution < -0.4 is 4.90 Å². The first-order valence-electron chi connectivity index (χ1n) is 5.76. The molecule has 106 valence electrons. The Labute approximate surface area is 113 Å². The molecular weight excluding hydrogens is 268 g/mol. The molecule has 0 aromatic heterocycles. The van der Waals surface area contributed by atoms with Gasteiger partial charge in [0.05, 0.1) is 17.9 Å². The summed E-state index contributed by atoms with van der Waals surface area (Å²) in [7, 11) is 0. The molecule has 2 rings (SSSR count). The smallest absolute Gasteiger partial charge is 0.337 e. The maximum absolute atomic E-state index is 11.9. The van der Waals surface area contributed by atoms with Crippen LogP contribution >= 0.6 is 0 Å². The molecule has 0 radical (unpaired) electrons. The Morgan fingerprint density at radius 2 is 2.20 bits per heavy atom. The van der Waals surface area contributed by atoms with Gasteiger partial charge in [-0.3, -0.25) is 14.9 Å². The van der Waals surface area contributed by atoms with Crippen LogP contribution in [0, 0.1) is 10.1 Å². The number of aliphatic hydroxyl groups is 1. The van der Waals surface area contributed by atoms with E-state index < -0.39 is 28.9 Å². The number of amides is 1. The van der Waals surface area contributed by atoms with Gasteiger partial charge in [0.15, 0.2) is 5.60 Å². The summed E-state index contributed by atoms with van der Waals surface area (Å²) in [5, 5.41) is 29.3. The van der Waals surface area contributed by atoms with Crippen LogP contribution in [-0.2, 0) is 16.0 Å². The van der Waals surface area contributed by atoms with Crippen LogP contribution in [0.25, 0.3) is 0 Å². The lowest BCUT2D eigenvalue weighted by Crippen LogP contribution is -2.47. The Hall–Kier alpha value is -2.48. The summed E-state index contributed by atoms with van der Waals surface area (Å²) in [6, 6.07) is 3.90. The topological polar surface area (TPSA) is 121 Å². The predicted octanol–water partition coefficient (Wildman–Crippen LogP) is 0.320. The van der Waals surface area contributed by atoms with Crippen molar-refractivity contribution in [3.05, 3.63) is 33.9 Å². The Balaban J connectivity index is 2.34. The lowest BCUT2D eigenvalue weighted by molar-refractivity contribution is -0.384. The molecule has 20 heavy (non-hydrogen) atoms. The summed E-state index contributed by atoms with van der Waals surface area (Å²) >= 11 is 0. The molecule has 0 bridgehead atoms. The van der Waals surface area contributed by atoms with Crippen molar-refractivity contribution >= 4 is 23.3 Å². The third-order valence-electron chi connectivity index (χ3n) is 3.13. The van der Waals surface area contributed by atoms with Gasteiger partial charge in [-0.1, -0.05) is 0 Å². The monoisotopic (exact) mass is 280 g/mol. The van der Waals surface area contributed by atoms with Gasteiger partial charge in [0.1, 0.15) is 0 Å². The van der Waals surface area contributed by atoms with Crippen LogP contribution in [0.3, 0.4) is 0 Å². The number of nitro benzene ring substituents is 1. The molecule has 1 aromatic rings. The number of hydrogen-bond acceptors (Lipinski definition) is 5. The van der Waals surface area contributed by atoms with E-state index in [-0.39, 0.29) is 12.1 Å². The Morgan fingerprint density at radius 1 is 1.55 bits per heavy atom. The maximum atomic E-state index is 11.9. The molecule has 2 N–H and O–H groups in total. The molecule has 8 nitrogen and oxygen atoms in total. The van der Waals surface area contributed by atoms with E-state index in [4.69, 9.17) is 5.11 Å². The largest absolute Gasteiger partial charge is 0.479 e. The number of hydrogen-bond donors (Lipinski definition) is 2. The van der Waals surface area contributed by atoms with E-state index in [1.807, 2.05) is 0 Å². The average Bonchev–Trinajstić information content (AvgIpc) is 2.64. The number of aliphatic carboxylic acids is 1. The molecule has 0 saturated carbocycles. The summed E-state index contributed by atoms with van der Waals surface area (Å²) in [5.41, 5.74) is -1.38. The highest BCUT2D eigenvalue weighted by atomic mass is 16.6. The minimum absolute atomic E-state index is 0.0489. The van der Waals surface area contributed by atoms with Crippen molar-refractivity contribution in [2.75, 3.05) is 11.4 Å². The summed E-state index contributed by atoms with van der Waals surface area (Å²) in [5.74, 6) is -1.84. The van der Waals surface area contributed by atoms with E-state index in [1.165, 1.54) is 18.2 Å². The molecule has 1 aliphatic heterocycles. The zero-order valence-electron chi connectivity index (χ0n) is 10.6. The summed E-state index contributed by atoms with van der Waals surface area (Å²) < 4.78 is 0. The second-order valence-corrected chi connectivity index (χ2v) is 4.81. The van der Waals surface area contributed by atoms with Crippen LogP contribution in [0.4, 0.5) is 11.4 Å². The molecule has 0 spiro atoms. The molecule has 0 saturated heterocycles. The Bertz CT molecular complexity index is 610. The molecular formula is C12H12N2O6. The number of nitro groups is 1. The molecule has 1 amide bonds. The van der Waals surface area contributed by atoms with E-state index in [0.29, 0.717) is 11.3 Å². The number of benzene rings is 1. The van der Waals surface area contributed by atoms with Crippen molar-refractivity contribution in [2.45, 2.75) is 18.9 Å². The molecule has 1 atom stereocenters. The van der Waals surface area contributed by atoms with Gasteiger partial charge in [-0.05, 0) is 18.6 Å². The highest BCUT2D eigenvalue weighted by molar-refractivity contribution is 6.02. The van der Waals surface area contributed by atoms with Gasteiger partial charge in [-0.25, -0.2) is 4.79 Å². The number of β-amino-alcohol motifs (C(OH)–C–C–N with tert-alkyl or cyclic N) is 1. The zero-order chi connectivity index (χ0) is 15.1. The van der Waals surface area contributed by atoms with Crippen LogP contribution in [-0.4, -0.2) is 39.2 Å². The van der Waals surface area contributed by atoms with Crippen LogP contribution in [0.15, 0.2) is 18.2 Å². The first-order chi connectivity index (χ1) is 9.22. The number of anilines is 1. The van der Waals surface area contributed by atoms with E-state index in [0.717, 1.165) is 11.8 Å². The number of rotatable bonds is 4. The van der Waals surface area contributed by atoms with E-state index in [2.05, 4.69) is 0 Å². The van der Waals surface area contributed by atoms with Crippen molar-refractivity contribution in [3.63, 3.8) is 0 Å². The number of nitrogens with zero attached hydrogens (tertiary/aromatic N) is 2. The second kappa shape index (κ2) is 4.57. The highest BCUT2D eigenvalue weighted by Gasteiger charge is 2.38. The second-order valence-electron chi connectivity index (χ2n) is 4.81. The number of carboxylic acid groups (broad SMARTS) is 1. The molecule has 8 heteroatoms. The molecule has 1 heterocycles. The Morgan fingerprint density at radius 3 is 2.75 bits per heavy atom. The van der Waals surface area contributed by atoms with Gasteiger partial charge in [-0.2, -0.15) is 0 Å². The number of carbonyl (C=O) groups is 2. The van der Waals surface area contributed by atoms with Crippen molar-refractivity contribution in [1.82, 2.24) is 0 Å². The minimum atomic E-state index is -2.08. The number of carbonyl (C=O) groups excluding carboxylic acids is 1. The third kappa shape index (κ3) is 2.32. The van der Waals surface area contributed by atoms with E-state index >= 15 is 0 Å². The van der Waals surface area contributed by atoms with Crippen LogP contribution in [0.2, 0.25) is 0 Å². The average molecular weight is 280 g/mol. The molecule has 1 aromatic carbocycles.